The van der Waals surface area contributed by atoms with Crippen LogP contribution in [0.5, 0.6) is 11.5 Å². The van der Waals surface area contributed by atoms with Crippen molar-refractivity contribution in [1.29, 1.82) is 5.26 Å². The Morgan fingerprint density at radius 2 is 1.78 bits per heavy atom. The van der Waals surface area contributed by atoms with Crippen LogP contribution in [0.15, 0.2) is 36.4 Å². The van der Waals surface area contributed by atoms with Gasteiger partial charge in [0.05, 0.1) is 35.6 Å². The first kappa shape index (κ1) is 18.7. The Balaban J connectivity index is 2.05. The summed E-state index contributed by atoms with van der Waals surface area (Å²) in [5.41, 5.74) is 0.319. The van der Waals surface area contributed by atoms with E-state index in [9.17, 15) is 18.4 Å². The topological polar surface area (TPSA) is 55.1 Å². The van der Waals surface area contributed by atoms with E-state index >= 15 is 0 Å². The number of nitriles is 1. The van der Waals surface area contributed by atoms with E-state index in [0.717, 1.165) is 23.5 Å². The van der Waals surface area contributed by atoms with Gasteiger partial charge in [0.2, 0.25) is 0 Å². The molecule has 0 atom stereocenters. The minimum Gasteiger partial charge on any atom is -0.497 e. The van der Waals surface area contributed by atoms with Crippen molar-refractivity contribution < 1.29 is 22.6 Å². The average Bonchev–Trinajstić information content (AvgIpc) is 3.08. The van der Waals surface area contributed by atoms with Crippen LogP contribution >= 0.6 is 11.3 Å². The summed E-state index contributed by atoms with van der Waals surface area (Å²) in [6.45, 7) is 0. The van der Waals surface area contributed by atoms with E-state index in [2.05, 4.69) is 11.1 Å². The summed E-state index contributed by atoms with van der Waals surface area (Å²) in [4.78, 5) is 4.20. The van der Waals surface area contributed by atoms with E-state index in [4.69, 9.17) is 9.47 Å². The number of thiazole rings is 1. The van der Waals surface area contributed by atoms with Crippen molar-refractivity contribution in [1.82, 2.24) is 4.98 Å². The summed E-state index contributed by atoms with van der Waals surface area (Å²) in [6, 6.07) is 10.5. The van der Waals surface area contributed by atoms with Crippen LogP contribution in [0.4, 0.5) is 13.2 Å². The van der Waals surface area contributed by atoms with Crippen LogP contribution in [0.3, 0.4) is 0 Å². The SMILES string of the molecule is COc1cc(/C=C(/C#N)c2nc3cc(C(F)(F)F)ccc3s2)cc(OC)c1. The zero-order valence-electron chi connectivity index (χ0n) is 14.3. The lowest BCUT2D eigenvalue weighted by atomic mass is 10.1. The predicted molar refractivity (Wildman–Crippen MR) is 97.7 cm³/mol. The smallest absolute Gasteiger partial charge is 0.416 e. The lowest BCUT2D eigenvalue weighted by Crippen LogP contribution is -2.03. The highest BCUT2D eigenvalue weighted by Crippen LogP contribution is 2.35. The molecule has 3 aromatic rings. The lowest BCUT2D eigenvalue weighted by Gasteiger charge is -2.06. The second-order valence-electron chi connectivity index (χ2n) is 5.52. The first-order valence-electron chi connectivity index (χ1n) is 7.67. The molecule has 0 bridgehead atoms. The molecule has 8 heteroatoms. The largest absolute Gasteiger partial charge is 0.497 e. The molecule has 0 amide bonds. The molecule has 0 saturated carbocycles. The van der Waals surface area contributed by atoms with Crippen LogP contribution in [0, 0.1) is 11.3 Å². The van der Waals surface area contributed by atoms with Gasteiger partial charge in [0.15, 0.2) is 0 Å². The van der Waals surface area contributed by atoms with Crippen LogP contribution in [0.2, 0.25) is 0 Å². The van der Waals surface area contributed by atoms with Gasteiger partial charge in [0, 0.05) is 6.07 Å². The van der Waals surface area contributed by atoms with Crippen LogP contribution < -0.4 is 9.47 Å². The number of nitrogens with zero attached hydrogens (tertiary/aromatic N) is 2. The number of fused-ring (bicyclic) bond motifs is 1. The zero-order valence-corrected chi connectivity index (χ0v) is 15.1. The molecule has 0 aliphatic carbocycles. The minimum atomic E-state index is -4.44. The van der Waals surface area contributed by atoms with E-state index in [1.165, 1.54) is 20.3 Å². The quantitative estimate of drug-likeness (QED) is 0.560. The van der Waals surface area contributed by atoms with Crippen molar-refractivity contribution in [2.24, 2.45) is 0 Å². The Morgan fingerprint density at radius 3 is 2.33 bits per heavy atom. The Kier molecular flexibility index (Phi) is 5.06. The Hall–Kier alpha value is -3.05. The number of hydrogen-bond acceptors (Lipinski definition) is 5. The molecule has 2 aromatic carbocycles. The number of halogens is 3. The number of hydrogen-bond donors (Lipinski definition) is 0. The van der Waals surface area contributed by atoms with E-state index in [1.807, 2.05) is 0 Å². The normalized spacial score (nSPS) is 12.1. The molecule has 4 nitrogen and oxygen atoms in total. The van der Waals surface area contributed by atoms with Gasteiger partial charge in [-0.3, -0.25) is 0 Å². The molecule has 0 fully saturated rings. The predicted octanol–water partition coefficient (Wildman–Crippen LogP) is 5.40. The Bertz CT molecular complexity index is 1040. The van der Waals surface area contributed by atoms with E-state index in [1.54, 1.807) is 24.3 Å². The maximum Gasteiger partial charge on any atom is 0.416 e. The molecule has 0 unspecified atom stereocenters. The second kappa shape index (κ2) is 7.29. The fraction of sp³-hybridized carbons (Fsp3) is 0.158. The highest BCUT2D eigenvalue weighted by molar-refractivity contribution is 7.19. The van der Waals surface area contributed by atoms with Gasteiger partial charge in [-0.05, 0) is 42.0 Å². The molecule has 27 heavy (non-hydrogen) atoms. The molecule has 1 heterocycles. The first-order chi connectivity index (χ1) is 12.8. The molecule has 0 aliphatic rings. The highest BCUT2D eigenvalue weighted by Gasteiger charge is 2.30. The van der Waals surface area contributed by atoms with Crippen molar-refractivity contribution in [2.75, 3.05) is 14.2 Å². The molecular formula is C19H13F3N2O2S. The highest BCUT2D eigenvalue weighted by atomic mass is 32.1. The zero-order chi connectivity index (χ0) is 19.6. The molecule has 0 N–H and O–H groups in total. The Labute approximate surface area is 157 Å². The second-order valence-corrected chi connectivity index (χ2v) is 6.55. The van der Waals surface area contributed by atoms with Gasteiger partial charge in [0.1, 0.15) is 22.6 Å². The molecule has 0 aliphatic heterocycles. The monoisotopic (exact) mass is 390 g/mol. The standard InChI is InChI=1S/C19H13F3N2O2S/c1-25-14-6-11(7-15(9-14)26-2)5-12(10-23)18-24-16-8-13(19(20,21)22)3-4-17(16)27-18/h3-9H,1-2H3/b12-5-. The van der Waals surface area contributed by atoms with Crippen molar-refractivity contribution >= 4 is 33.2 Å². The van der Waals surface area contributed by atoms with E-state index < -0.39 is 11.7 Å². The van der Waals surface area contributed by atoms with Crippen molar-refractivity contribution in [2.45, 2.75) is 6.18 Å². The van der Waals surface area contributed by atoms with Crippen molar-refractivity contribution in [3.05, 3.63) is 52.5 Å². The van der Waals surface area contributed by atoms with Gasteiger partial charge in [-0.15, -0.1) is 11.3 Å². The summed E-state index contributed by atoms with van der Waals surface area (Å²) in [7, 11) is 3.03. The van der Waals surface area contributed by atoms with Gasteiger partial charge in [-0.25, -0.2) is 4.98 Å². The van der Waals surface area contributed by atoms with Gasteiger partial charge in [-0.1, -0.05) is 0 Å². The average molecular weight is 390 g/mol. The fourth-order valence-corrected chi connectivity index (χ4v) is 3.35. The molecule has 0 saturated heterocycles. The summed E-state index contributed by atoms with van der Waals surface area (Å²) in [5, 5.41) is 9.85. The third kappa shape index (κ3) is 4.04. The van der Waals surface area contributed by atoms with Crippen LogP contribution in [0.25, 0.3) is 21.9 Å². The summed E-state index contributed by atoms with van der Waals surface area (Å²) in [5.74, 6) is 1.11. The lowest BCUT2D eigenvalue weighted by molar-refractivity contribution is -0.137. The third-order valence-corrected chi connectivity index (χ3v) is 4.82. The summed E-state index contributed by atoms with van der Waals surface area (Å²) < 4.78 is 49.6. The minimum absolute atomic E-state index is 0.203. The summed E-state index contributed by atoms with van der Waals surface area (Å²) in [6.07, 6.45) is -2.85. The number of aromatic nitrogens is 1. The van der Waals surface area contributed by atoms with Gasteiger partial charge < -0.3 is 9.47 Å². The maximum absolute atomic E-state index is 12.9. The number of ether oxygens (including phenoxy) is 2. The van der Waals surface area contributed by atoms with Crippen LogP contribution in [-0.2, 0) is 6.18 Å². The van der Waals surface area contributed by atoms with Gasteiger partial charge in [-0.2, -0.15) is 18.4 Å². The third-order valence-electron chi connectivity index (χ3n) is 3.75. The first-order valence-corrected chi connectivity index (χ1v) is 8.48. The van der Waals surface area contributed by atoms with Crippen LogP contribution in [0.1, 0.15) is 16.1 Å². The summed E-state index contributed by atoms with van der Waals surface area (Å²) >= 11 is 1.16. The number of rotatable bonds is 4. The molecule has 1 aromatic heterocycles. The molecular weight excluding hydrogens is 377 g/mol. The molecule has 0 radical (unpaired) electrons. The number of allylic oxidation sites excluding steroid dienone is 1. The van der Waals surface area contributed by atoms with Crippen molar-refractivity contribution in [3.8, 4) is 17.6 Å². The Morgan fingerprint density at radius 1 is 1.11 bits per heavy atom. The molecule has 138 valence electrons. The molecule has 3 rings (SSSR count). The van der Waals surface area contributed by atoms with Crippen LogP contribution in [-0.4, -0.2) is 19.2 Å². The van der Waals surface area contributed by atoms with Gasteiger partial charge >= 0.3 is 6.18 Å². The number of benzene rings is 2. The fourth-order valence-electron chi connectivity index (χ4n) is 2.44. The molecule has 0 spiro atoms. The van der Waals surface area contributed by atoms with Gasteiger partial charge in [0.25, 0.3) is 0 Å². The number of methoxy groups -OCH3 is 2. The number of alkyl halides is 3. The maximum atomic E-state index is 12.9. The van der Waals surface area contributed by atoms with E-state index in [-0.39, 0.29) is 11.1 Å². The van der Waals surface area contributed by atoms with E-state index in [0.29, 0.717) is 26.8 Å². The van der Waals surface area contributed by atoms with Crippen molar-refractivity contribution in [3.63, 3.8) is 0 Å².